The maximum Gasteiger partial charge on any atom is 0.254 e. The maximum absolute atomic E-state index is 13.8. The fourth-order valence-corrected chi connectivity index (χ4v) is 4.04. The van der Waals surface area contributed by atoms with Crippen LogP contribution in [0.25, 0.3) is 11.0 Å². The molecule has 0 spiro atoms. The van der Waals surface area contributed by atoms with E-state index in [4.69, 9.17) is 28.2 Å². The number of hydrogen-bond donors (Lipinski definition) is 1. The summed E-state index contributed by atoms with van der Waals surface area (Å²) in [5.74, 6) is -0.0785. The highest BCUT2D eigenvalue weighted by Gasteiger charge is 2.15. The van der Waals surface area contributed by atoms with Crippen molar-refractivity contribution < 1.29 is 9.18 Å². The minimum Gasteiger partial charge on any atom is -0.352 e. The molecule has 0 fully saturated rings. The average molecular weight is 456 g/mol. The summed E-state index contributed by atoms with van der Waals surface area (Å²) in [5.41, 5.74) is 2.76. The van der Waals surface area contributed by atoms with E-state index in [1.807, 2.05) is 42.5 Å². The van der Waals surface area contributed by atoms with Gasteiger partial charge < -0.3 is 9.88 Å². The molecule has 0 radical (unpaired) electrons. The second-order valence-electron chi connectivity index (χ2n) is 7.14. The second kappa shape index (κ2) is 9.50. The highest BCUT2D eigenvalue weighted by atomic mass is 35.5. The van der Waals surface area contributed by atoms with Gasteiger partial charge in [-0.25, -0.2) is 9.37 Å². The molecule has 0 aliphatic heterocycles. The summed E-state index contributed by atoms with van der Waals surface area (Å²) < 4.78 is 15.9. The standard InChI is InChI=1S/C24H20Cl2FN3O/c25-18-8-5-9-19(26)17(18)15-30-22-12-4-3-11-21(22)29-23(30)13-6-14-28-24(31)16-7-1-2-10-20(16)27/h1-5,7-12H,6,13-15H2,(H,28,31). The third-order valence-electron chi connectivity index (χ3n) is 5.09. The molecule has 0 aliphatic rings. The third-order valence-corrected chi connectivity index (χ3v) is 5.80. The second-order valence-corrected chi connectivity index (χ2v) is 7.96. The molecule has 7 heteroatoms. The summed E-state index contributed by atoms with van der Waals surface area (Å²) in [6.45, 7) is 0.902. The van der Waals surface area contributed by atoms with Gasteiger partial charge in [-0.2, -0.15) is 0 Å². The number of halogens is 3. The van der Waals surface area contributed by atoms with E-state index in [-0.39, 0.29) is 5.56 Å². The molecule has 3 aromatic carbocycles. The zero-order valence-electron chi connectivity index (χ0n) is 16.6. The Morgan fingerprint density at radius 2 is 1.68 bits per heavy atom. The highest BCUT2D eigenvalue weighted by Crippen LogP contribution is 2.27. The van der Waals surface area contributed by atoms with E-state index in [1.54, 1.807) is 12.1 Å². The molecular formula is C24H20Cl2FN3O. The topological polar surface area (TPSA) is 46.9 Å². The molecule has 4 rings (SSSR count). The van der Waals surface area contributed by atoms with Crippen LogP contribution < -0.4 is 5.32 Å². The van der Waals surface area contributed by atoms with Gasteiger partial charge in [-0.1, -0.05) is 53.5 Å². The van der Waals surface area contributed by atoms with Crippen LogP contribution in [0, 0.1) is 5.82 Å². The molecule has 1 amide bonds. The molecule has 0 bridgehead atoms. The van der Waals surface area contributed by atoms with Gasteiger partial charge in [0.1, 0.15) is 11.6 Å². The van der Waals surface area contributed by atoms with Gasteiger partial charge in [-0.3, -0.25) is 4.79 Å². The number of amides is 1. The molecular weight excluding hydrogens is 436 g/mol. The van der Waals surface area contributed by atoms with E-state index in [0.717, 1.165) is 22.4 Å². The molecule has 4 nitrogen and oxygen atoms in total. The SMILES string of the molecule is O=C(NCCCc1nc2ccccc2n1Cc1c(Cl)cccc1Cl)c1ccccc1F. The maximum atomic E-state index is 13.8. The van der Waals surface area contributed by atoms with Crippen molar-refractivity contribution in [3.8, 4) is 0 Å². The Hall–Kier alpha value is -2.89. The van der Waals surface area contributed by atoms with Crippen molar-refractivity contribution in [2.24, 2.45) is 0 Å². The third kappa shape index (κ3) is 4.73. The molecule has 0 saturated heterocycles. The molecule has 1 N–H and O–H groups in total. The van der Waals surface area contributed by atoms with Gasteiger partial charge in [0.15, 0.2) is 0 Å². The van der Waals surface area contributed by atoms with Crippen LogP contribution in [0.3, 0.4) is 0 Å². The predicted molar refractivity (Wildman–Crippen MR) is 122 cm³/mol. The molecule has 0 unspecified atom stereocenters. The zero-order chi connectivity index (χ0) is 21.8. The van der Waals surface area contributed by atoms with E-state index < -0.39 is 11.7 Å². The van der Waals surface area contributed by atoms with Crippen LogP contribution in [-0.2, 0) is 13.0 Å². The van der Waals surface area contributed by atoms with Crippen LogP contribution in [0.5, 0.6) is 0 Å². The van der Waals surface area contributed by atoms with Crippen molar-refractivity contribution in [2.75, 3.05) is 6.54 Å². The van der Waals surface area contributed by atoms with Crippen LogP contribution in [0.15, 0.2) is 66.7 Å². The van der Waals surface area contributed by atoms with Crippen LogP contribution in [0.4, 0.5) is 4.39 Å². The predicted octanol–water partition coefficient (Wildman–Crippen LogP) is 5.89. The molecule has 158 valence electrons. The summed E-state index contributed by atoms with van der Waals surface area (Å²) in [5, 5.41) is 3.98. The first-order valence-corrected chi connectivity index (χ1v) is 10.7. The minimum absolute atomic E-state index is 0.0445. The number of carbonyl (C=O) groups excluding carboxylic acids is 1. The first-order valence-electron chi connectivity index (χ1n) is 9.94. The van der Waals surface area contributed by atoms with Gasteiger partial charge in [0.05, 0.1) is 23.1 Å². The summed E-state index contributed by atoms with van der Waals surface area (Å²) in [6.07, 6.45) is 1.29. The van der Waals surface area contributed by atoms with Gasteiger partial charge in [0.2, 0.25) is 0 Å². The number of aryl methyl sites for hydroxylation is 1. The van der Waals surface area contributed by atoms with E-state index in [0.29, 0.717) is 36.0 Å². The van der Waals surface area contributed by atoms with E-state index in [2.05, 4.69) is 9.88 Å². The number of nitrogens with one attached hydrogen (secondary N) is 1. The lowest BCUT2D eigenvalue weighted by atomic mass is 10.2. The van der Waals surface area contributed by atoms with Crippen molar-refractivity contribution in [3.05, 3.63) is 99.5 Å². The molecule has 0 saturated carbocycles. The van der Waals surface area contributed by atoms with E-state index in [1.165, 1.54) is 12.1 Å². The Bertz CT molecular complexity index is 1220. The Balaban J connectivity index is 1.49. The number of rotatable bonds is 7. The Morgan fingerprint density at radius 1 is 0.968 bits per heavy atom. The van der Waals surface area contributed by atoms with Crippen molar-refractivity contribution in [1.82, 2.24) is 14.9 Å². The molecule has 1 aromatic heterocycles. The number of aromatic nitrogens is 2. The lowest BCUT2D eigenvalue weighted by molar-refractivity contribution is 0.0949. The highest BCUT2D eigenvalue weighted by molar-refractivity contribution is 6.36. The van der Waals surface area contributed by atoms with Crippen molar-refractivity contribution >= 4 is 40.1 Å². The van der Waals surface area contributed by atoms with Crippen molar-refractivity contribution in [1.29, 1.82) is 0 Å². The number of nitrogens with zero attached hydrogens (tertiary/aromatic N) is 2. The van der Waals surface area contributed by atoms with Crippen LogP contribution in [-0.4, -0.2) is 22.0 Å². The quantitative estimate of drug-likeness (QED) is 0.353. The Morgan fingerprint density at radius 3 is 2.45 bits per heavy atom. The normalized spacial score (nSPS) is 11.1. The average Bonchev–Trinajstić information content (AvgIpc) is 3.11. The Kier molecular flexibility index (Phi) is 6.54. The first kappa shape index (κ1) is 21.3. The number of imidazole rings is 1. The van der Waals surface area contributed by atoms with Crippen LogP contribution in [0.2, 0.25) is 10.0 Å². The largest absolute Gasteiger partial charge is 0.352 e. The Labute approximate surface area is 189 Å². The lowest BCUT2D eigenvalue weighted by Crippen LogP contribution is -2.25. The molecule has 0 atom stereocenters. The fraction of sp³-hybridized carbons (Fsp3) is 0.167. The fourth-order valence-electron chi connectivity index (χ4n) is 3.52. The number of carbonyl (C=O) groups is 1. The number of fused-ring (bicyclic) bond motifs is 1. The van der Waals surface area contributed by atoms with Gasteiger partial charge >= 0.3 is 0 Å². The van der Waals surface area contributed by atoms with E-state index >= 15 is 0 Å². The van der Waals surface area contributed by atoms with Gasteiger partial charge in [-0.05, 0) is 42.8 Å². The van der Waals surface area contributed by atoms with Crippen molar-refractivity contribution in [3.63, 3.8) is 0 Å². The van der Waals surface area contributed by atoms with E-state index in [9.17, 15) is 9.18 Å². The van der Waals surface area contributed by atoms with Gasteiger partial charge in [0, 0.05) is 28.6 Å². The lowest BCUT2D eigenvalue weighted by Gasteiger charge is -2.12. The minimum atomic E-state index is -0.529. The summed E-state index contributed by atoms with van der Waals surface area (Å²) in [7, 11) is 0. The van der Waals surface area contributed by atoms with Gasteiger partial charge in [-0.15, -0.1) is 0 Å². The number of benzene rings is 3. The molecule has 31 heavy (non-hydrogen) atoms. The van der Waals surface area contributed by atoms with Crippen LogP contribution in [0.1, 0.15) is 28.2 Å². The van der Waals surface area contributed by atoms with Gasteiger partial charge in [0.25, 0.3) is 5.91 Å². The van der Waals surface area contributed by atoms with Crippen molar-refractivity contribution in [2.45, 2.75) is 19.4 Å². The number of para-hydroxylation sites is 2. The molecule has 0 aliphatic carbocycles. The summed E-state index contributed by atoms with van der Waals surface area (Å²) in [4.78, 5) is 17.0. The monoisotopic (exact) mass is 455 g/mol. The smallest absolute Gasteiger partial charge is 0.254 e. The summed E-state index contributed by atoms with van der Waals surface area (Å²) >= 11 is 12.8. The van der Waals surface area contributed by atoms with Crippen LogP contribution >= 0.6 is 23.2 Å². The molecule has 4 aromatic rings. The zero-order valence-corrected chi connectivity index (χ0v) is 18.1. The number of hydrogen-bond acceptors (Lipinski definition) is 2. The first-order chi connectivity index (χ1) is 15.0. The molecule has 1 heterocycles. The summed E-state index contributed by atoms with van der Waals surface area (Å²) in [6, 6.07) is 19.3.